The van der Waals surface area contributed by atoms with Crippen LogP contribution in [0, 0.1) is 5.82 Å². The number of anilines is 1. The summed E-state index contributed by atoms with van der Waals surface area (Å²) in [6.07, 6.45) is 8.33. The molecule has 1 unspecified atom stereocenters. The SMILES string of the molecule is CCOc1ncc(-c2cc(NCC(CSC)c3ccc(F)c4c(C(=O)NC)ccnc34)ncn2)cn1. The van der Waals surface area contributed by atoms with Gasteiger partial charge in [-0.25, -0.2) is 24.3 Å². The van der Waals surface area contributed by atoms with Gasteiger partial charge in [-0.1, -0.05) is 6.07 Å². The monoisotopic (exact) mass is 507 g/mol. The summed E-state index contributed by atoms with van der Waals surface area (Å²) in [5.74, 6) is 0.525. The number of nitrogens with zero attached hydrogens (tertiary/aromatic N) is 5. The van der Waals surface area contributed by atoms with Gasteiger partial charge in [-0.15, -0.1) is 0 Å². The smallest absolute Gasteiger partial charge is 0.316 e. The molecule has 36 heavy (non-hydrogen) atoms. The number of benzene rings is 1. The summed E-state index contributed by atoms with van der Waals surface area (Å²) in [7, 11) is 1.52. The van der Waals surface area contributed by atoms with Crippen LogP contribution in [-0.4, -0.2) is 63.0 Å². The zero-order valence-corrected chi connectivity index (χ0v) is 21.0. The number of amides is 1. The van der Waals surface area contributed by atoms with Gasteiger partial charge in [0, 0.05) is 60.9 Å². The van der Waals surface area contributed by atoms with Crippen LogP contribution in [0.1, 0.15) is 28.8 Å². The van der Waals surface area contributed by atoms with E-state index in [4.69, 9.17) is 4.74 Å². The second-order valence-corrected chi connectivity index (χ2v) is 8.72. The van der Waals surface area contributed by atoms with Gasteiger partial charge in [0.05, 0.1) is 23.4 Å². The Bertz CT molecular complexity index is 1350. The van der Waals surface area contributed by atoms with E-state index in [1.807, 2.05) is 19.2 Å². The molecule has 4 rings (SSSR count). The molecule has 0 saturated heterocycles. The molecule has 0 aliphatic rings. The lowest BCUT2D eigenvalue weighted by Crippen LogP contribution is -2.20. The van der Waals surface area contributed by atoms with Gasteiger partial charge in [0.1, 0.15) is 18.0 Å². The molecule has 0 bridgehead atoms. The van der Waals surface area contributed by atoms with Crippen LogP contribution in [0.5, 0.6) is 6.01 Å². The van der Waals surface area contributed by atoms with Crippen molar-refractivity contribution < 1.29 is 13.9 Å². The Morgan fingerprint density at radius 1 is 1.14 bits per heavy atom. The van der Waals surface area contributed by atoms with E-state index >= 15 is 0 Å². The average Bonchev–Trinajstić information content (AvgIpc) is 2.91. The zero-order valence-electron chi connectivity index (χ0n) is 20.2. The molecule has 3 heterocycles. The Morgan fingerprint density at radius 3 is 2.67 bits per heavy atom. The summed E-state index contributed by atoms with van der Waals surface area (Å²) in [6.45, 7) is 2.88. The first-order valence-corrected chi connectivity index (χ1v) is 12.7. The third kappa shape index (κ3) is 5.51. The highest BCUT2D eigenvalue weighted by Crippen LogP contribution is 2.31. The number of aromatic nitrogens is 5. The Labute approximate surface area is 212 Å². The van der Waals surface area contributed by atoms with E-state index in [-0.39, 0.29) is 22.8 Å². The maximum absolute atomic E-state index is 14.8. The average molecular weight is 508 g/mol. The van der Waals surface area contributed by atoms with Crippen molar-refractivity contribution in [2.45, 2.75) is 12.8 Å². The van der Waals surface area contributed by atoms with E-state index in [0.29, 0.717) is 36.2 Å². The Balaban J connectivity index is 1.60. The van der Waals surface area contributed by atoms with Crippen LogP contribution < -0.4 is 15.4 Å². The third-order valence-corrected chi connectivity index (χ3v) is 6.28. The molecule has 3 aromatic heterocycles. The number of thioether (sulfide) groups is 1. The molecule has 1 aromatic carbocycles. The largest absolute Gasteiger partial charge is 0.464 e. The maximum Gasteiger partial charge on any atom is 0.316 e. The van der Waals surface area contributed by atoms with Gasteiger partial charge in [0.25, 0.3) is 5.91 Å². The first-order chi connectivity index (χ1) is 17.5. The van der Waals surface area contributed by atoms with Gasteiger partial charge in [0.15, 0.2) is 0 Å². The van der Waals surface area contributed by atoms with Crippen LogP contribution >= 0.6 is 11.8 Å². The van der Waals surface area contributed by atoms with Gasteiger partial charge in [0.2, 0.25) is 0 Å². The van der Waals surface area contributed by atoms with E-state index in [1.54, 1.807) is 30.2 Å². The summed E-state index contributed by atoms with van der Waals surface area (Å²) in [6, 6.07) is 6.80. The van der Waals surface area contributed by atoms with E-state index in [1.165, 1.54) is 31.7 Å². The molecule has 0 fully saturated rings. The van der Waals surface area contributed by atoms with Crippen molar-refractivity contribution in [1.29, 1.82) is 0 Å². The molecule has 0 aliphatic heterocycles. The predicted molar refractivity (Wildman–Crippen MR) is 139 cm³/mol. The lowest BCUT2D eigenvalue weighted by Gasteiger charge is -2.20. The van der Waals surface area contributed by atoms with Crippen LogP contribution in [0.4, 0.5) is 10.2 Å². The van der Waals surface area contributed by atoms with Crippen LogP contribution in [0.2, 0.25) is 0 Å². The van der Waals surface area contributed by atoms with Crippen molar-refractivity contribution in [3.8, 4) is 17.3 Å². The summed E-state index contributed by atoms with van der Waals surface area (Å²) < 4.78 is 20.1. The number of halogens is 1. The number of hydrogen-bond acceptors (Lipinski definition) is 9. The van der Waals surface area contributed by atoms with Gasteiger partial charge >= 0.3 is 6.01 Å². The predicted octanol–water partition coefficient (Wildman–Crippen LogP) is 3.94. The number of nitrogens with one attached hydrogen (secondary N) is 2. The quantitative estimate of drug-likeness (QED) is 0.329. The van der Waals surface area contributed by atoms with E-state index in [0.717, 1.165) is 16.9 Å². The number of pyridine rings is 1. The first-order valence-electron chi connectivity index (χ1n) is 11.3. The van der Waals surface area contributed by atoms with Gasteiger partial charge in [-0.05, 0) is 30.9 Å². The highest BCUT2D eigenvalue weighted by molar-refractivity contribution is 7.98. The second kappa shape index (κ2) is 11.7. The minimum atomic E-state index is -0.477. The third-order valence-electron chi connectivity index (χ3n) is 5.55. The lowest BCUT2D eigenvalue weighted by atomic mass is 9.95. The highest BCUT2D eigenvalue weighted by Gasteiger charge is 2.21. The maximum atomic E-state index is 14.8. The molecule has 186 valence electrons. The summed E-state index contributed by atoms with van der Waals surface area (Å²) in [4.78, 5) is 33.8. The fourth-order valence-corrected chi connectivity index (χ4v) is 4.55. The Hall–Kier alpha value is -3.86. The molecule has 1 amide bonds. The molecular formula is C25H26FN7O2S. The van der Waals surface area contributed by atoms with Crippen LogP contribution in [-0.2, 0) is 0 Å². The molecule has 0 saturated carbocycles. The zero-order chi connectivity index (χ0) is 25.5. The van der Waals surface area contributed by atoms with Crippen LogP contribution in [0.15, 0.2) is 49.2 Å². The molecule has 0 spiro atoms. The number of ether oxygens (including phenoxy) is 1. The van der Waals surface area contributed by atoms with Gasteiger partial charge in [-0.2, -0.15) is 11.8 Å². The van der Waals surface area contributed by atoms with Crippen molar-refractivity contribution in [2.75, 3.05) is 37.5 Å². The van der Waals surface area contributed by atoms with E-state index < -0.39 is 5.82 Å². The van der Waals surface area contributed by atoms with E-state index in [9.17, 15) is 9.18 Å². The number of fused-ring (bicyclic) bond motifs is 1. The second-order valence-electron chi connectivity index (χ2n) is 7.81. The summed E-state index contributed by atoms with van der Waals surface area (Å²) >= 11 is 1.67. The van der Waals surface area contributed by atoms with Gasteiger partial charge < -0.3 is 15.4 Å². The number of carbonyl (C=O) groups is 1. The minimum absolute atomic E-state index is 0.0252. The number of rotatable bonds is 10. The summed E-state index contributed by atoms with van der Waals surface area (Å²) in [5, 5.41) is 6.16. The molecule has 4 aromatic rings. The molecule has 0 radical (unpaired) electrons. The van der Waals surface area contributed by atoms with Crippen LogP contribution in [0.3, 0.4) is 0 Å². The minimum Gasteiger partial charge on any atom is -0.464 e. The lowest BCUT2D eigenvalue weighted by molar-refractivity contribution is 0.0964. The fourth-order valence-electron chi connectivity index (χ4n) is 3.85. The van der Waals surface area contributed by atoms with Crippen molar-refractivity contribution in [2.24, 2.45) is 0 Å². The number of hydrogen-bond donors (Lipinski definition) is 2. The van der Waals surface area contributed by atoms with Crippen molar-refractivity contribution in [1.82, 2.24) is 30.2 Å². The molecule has 0 aliphatic carbocycles. The van der Waals surface area contributed by atoms with Crippen molar-refractivity contribution >= 4 is 34.4 Å². The molecule has 11 heteroatoms. The topological polar surface area (TPSA) is 115 Å². The molecule has 9 nitrogen and oxygen atoms in total. The highest BCUT2D eigenvalue weighted by atomic mass is 32.2. The molecule has 2 N–H and O–H groups in total. The van der Waals surface area contributed by atoms with Gasteiger partial charge in [-0.3, -0.25) is 9.78 Å². The number of carbonyl (C=O) groups excluding carboxylic acids is 1. The van der Waals surface area contributed by atoms with Crippen molar-refractivity contribution in [3.63, 3.8) is 0 Å². The fraction of sp³-hybridized carbons (Fsp3) is 0.280. The standard InChI is InChI=1S/C25H26FN7O2S/c1-4-35-25-30-10-15(11-31-25)20-9-21(33-14-32-20)29-12-16(13-36-3)17-5-6-19(26)22-18(24(34)27-2)7-8-28-23(17)22/h5-11,14,16H,4,12-13H2,1-3H3,(H,27,34)(H,29,32,33). The van der Waals surface area contributed by atoms with E-state index in [2.05, 4.69) is 35.6 Å². The Kier molecular flexibility index (Phi) is 8.21. The normalized spacial score (nSPS) is 11.8. The molecular weight excluding hydrogens is 481 g/mol. The van der Waals surface area contributed by atoms with Crippen LogP contribution in [0.25, 0.3) is 22.2 Å². The van der Waals surface area contributed by atoms with Crippen molar-refractivity contribution in [3.05, 3.63) is 66.1 Å². The first kappa shape index (κ1) is 25.2. The molecule has 1 atom stereocenters. The summed E-state index contributed by atoms with van der Waals surface area (Å²) in [5.41, 5.74) is 3.00. The Morgan fingerprint density at radius 2 is 1.94 bits per heavy atom.